The first kappa shape index (κ1) is 20.3. The van der Waals surface area contributed by atoms with Crippen LogP contribution in [0, 0.1) is 11.2 Å². The molecule has 5 rings (SSSR count). The Morgan fingerprint density at radius 3 is 2.43 bits per heavy atom. The molecule has 3 aliphatic carbocycles. The van der Waals surface area contributed by atoms with Crippen molar-refractivity contribution in [2.45, 2.75) is 31.4 Å². The molecular weight excluding hydrogens is 411 g/mol. The van der Waals surface area contributed by atoms with Gasteiger partial charge in [0.25, 0.3) is 5.91 Å². The minimum Gasteiger partial charge on any atom is -0.445 e. The maximum absolute atomic E-state index is 13.5. The number of halogens is 2. The number of rotatable bonds is 7. The number of nitrogens with one attached hydrogen (secondary N) is 2. The Labute approximate surface area is 177 Å². The molecule has 0 aliphatic heterocycles. The molecule has 3 fully saturated rings. The van der Waals surface area contributed by atoms with Gasteiger partial charge in [-0.05, 0) is 43.0 Å². The molecule has 0 spiro atoms. The van der Waals surface area contributed by atoms with E-state index >= 15 is 0 Å². The molecule has 2 N–H and O–H groups in total. The number of hydrogen-bond acceptors (Lipinski definition) is 4. The van der Waals surface area contributed by atoms with Crippen molar-refractivity contribution in [3.05, 3.63) is 70.5 Å². The van der Waals surface area contributed by atoms with Gasteiger partial charge >= 0.3 is 6.09 Å². The van der Waals surface area contributed by atoms with Gasteiger partial charge in [-0.25, -0.2) is 9.18 Å². The molecule has 2 aromatic carbocycles. The molecule has 0 saturated heterocycles. The van der Waals surface area contributed by atoms with Gasteiger partial charge in [-0.3, -0.25) is 9.59 Å². The normalized spacial score (nSPS) is 23.5. The first-order valence-corrected chi connectivity index (χ1v) is 9.94. The molecule has 0 aromatic heterocycles. The third-order valence-corrected chi connectivity index (χ3v) is 6.10. The van der Waals surface area contributed by atoms with Crippen molar-refractivity contribution in [2.75, 3.05) is 6.54 Å². The van der Waals surface area contributed by atoms with E-state index in [1.54, 1.807) is 0 Å². The van der Waals surface area contributed by atoms with Gasteiger partial charge in [0, 0.05) is 16.5 Å². The SMILES string of the molecule is O=C(NC12CC(C(=O)CNC(=O)c3ccc(Cl)c(F)c3)(C1)C2)OCc1ccccc1. The van der Waals surface area contributed by atoms with E-state index in [0.29, 0.717) is 19.3 Å². The standard InChI is InChI=1S/C22H20ClFN2O4/c23-16-7-6-15(8-17(16)24)19(28)25-9-18(27)21-11-22(12-21,13-21)26-20(29)30-10-14-4-2-1-3-5-14/h1-8H,9-13H2,(H,25,28)(H,26,29). The average Bonchev–Trinajstić information content (AvgIpc) is 2.68. The van der Waals surface area contributed by atoms with Crippen molar-refractivity contribution >= 4 is 29.4 Å². The predicted octanol–water partition coefficient (Wildman–Crippen LogP) is 3.63. The molecule has 30 heavy (non-hydrogen) atoms. The van der Waals surface area contributed by atoms with Crippen molar-refractivity contribution < 1.29 is 23.5 Å². The van der Waals surface area contributed by atoms with Gasteiger partial charge < -0.3 is 15.4 Å². The first-order chi connectivity index (χ1) is 14.3. The van der Waals surface area contributed by atoms with E-state index in [1.807, 2.05) is 30.3 Å². The number of alkyl carbamates (subject to hydrolysis) is 1. The largest absolute Gasteiger partial charge is 0.445 e. The molecule has 156 valence electrons. The van der Waals surface area contributed by atoms with Crippen LogP contribution in [0.3, 0.4) is 0 Å². The van der Waals surface area contributed by atoms with Gasteiger partial charge in [0.1, 0.15) is 12.4 Å². The van der Waals surface area contributed by atoms with Crippen LogP contribution in [0.1, 0.15) is 35.2 Å². The third kappa shape index (κ3) is 3.89. The molecule has 2 bridgehead atoms. The molecule has 0 unspecified atom stereocenters. The zero-order valence-electron chi connectivity index (χ0n) is 16.0. The van der Waals surface area contributed by atoms with Gasteiger partial charge in [-0.2, -0.15) is 0 Å². The lowest BCUT2D eigenvalue weighted by molar-refractivity contribution is -0.175. The van der Waals surface area contributed by atoms with Crippen molar-refractivity contribution in [3.8, 4) is 0 Å². The summed E-state index contributed by atoms with van der Waals surface area (Å²) in [7, 11) is 0. The first-order valence-electron chi connectivity index (χ1n) is 9.56. The lowest BCUT2D eigenvalue weighted by Crippen LogP contribution is -2.77. The Balaban J connectivity index is 1.21. The molecule has 6 nitrogen and oxygen atoms in total. The van der Waals surface area contributed by atoms with E-state index in [1.165, 1.54) is 12.1 Å². The second-order valence-electron chi connectivity index (χ2n) is 8.01. The number of hydrogen-bond donors (Lipinski definition) is 2. The summed E-state index contributed by atoms with van der Waals surface area (Å²) in [6, 6.07) is 13.1. The van der Waals surface area contributed by atoms with Crippen LogP contribution >= 0.6 is 11.6 Å². The number of carbonyl (C=O) groups is 3. The van der Waals surface area contributed by atoms with Crippen LogP contribution in [0.2, 0.25) is 5.02 Å². The second-order valence-corrected chi connectivity index (χ2v) is 8.42. The number of carbonyl (C=O) groups excluding carboxylic acids is 3. The summed E-state index contributed by atoms with van der Waals surface area (Å²) in [4.78, 5) is 36.7. The third-order valence-electron chi connectivity index (χ3n) is 5.79. The smallest absolute Gasteiger partial charge is 0.407 e. The Hall–Kier alpha value is -2.93. The molecule has 8 heteroatoms. The van der Waals surface area contributed by atoms with E-state index < -0.39 is 28.8 Å². The van der Waals surface area contributed by atoms with E-state index in [0.717, 1.165) is 11.6 Å². The monoisotopic (exact) mass is 430 g/mol. The van der Waals surface area contributed by atoms with Crippen molar-refractivity contribution in [3.63, 3.8) is 0 Å². The Kier molecular flexibility index (Phi) is 5.24. The summed E-state index contributed by atoms with van der Waals surface area (Å²) in [5, 5.41) is 5.31. The highest BCUT2D eigenvalue weighted by Crippen LogP contribution is 2.67. The number of ether oxygens (including phenoxy) is 1. The summed E-state index contributed by atoms with van der Waals surface area (Å²) in [5.41, 5.74) is 0.0904. The van der Waals surface area contributed by atoms with Gasteiger partial charge in [0.05, 0.1) is 11.6 Å². The highest BCUT2D eigenvalue weighted by Gasteiger charge is 2.71. The zero-order chi connectivity index (χ0) is 21.4. The van der Waals surface area contributed by atoms with Crippen molar-refractivity contribution in [2.24, 2.45) is 5.41 Å². The van der Waals surface area contributed by atoms with Crippen molar-refractivity contribution in [1.82, 2.24) is 10.6 Å². The summed E-state index contributed by atoms with van der Waals surface area (Å²) in [6.45, 7) is 0.0434. The quantitative estimate of drug-likeness (QED) is 0.702. The molecule has 2 aromatic rings. The van der Waals surface area contributed by atoms with Crippen molar-refractivity contribution in [1.29, 1.82) is 0 Å². The summed E-state index contributed by atoms with van der Waals surface area (Å²) in [5.74, 6) is -1.32. The fourth-order valence-corrected chi connectivity index (χ4v) is 4.40. The lowest BCUT2D eigenvalue weighted by atomic mass is 9.38. The second kappa shape index (κ2) is 7.72. The van der Waals surface area contributed by atoms with Crippen LogP contribution < -0.4 is 10.6 Å². The fourth-order valence-electron chi connectivity index (χ4n) is 4.28. The number of amides is 2. The zero-order valence-corrected chi connectivity index (χ0v) is 16.8. The molecule has 0 heterocycles. The van der Waals surface area contributed by atoms with Gasteiger partial charge in [0.2, 0.25) is 0 Å². The fraction of sp³-hybridized carbons (Fsp3) is 0.318. The van der Waals surface area contributed by atoms with Crippen LogP contribution in [0.25, 0.3) is 0 Å². The van der Waals surface area contributed by atoms with E-state index in [9.17, 15) is 18.8 Å². The maximum atomic E-state index is 13.5. The molecule has 2 amide bonds. The van der Waals surface area contributed by atoms with Gasteiger partial charge in [0.15, 0.2) is 5.78 Å². The number of ketones is 1. The van der Waals surface area contributed by atoms with Crippen LogP contribution in [-0.4, -0.2) is 29.9 Å². The Morgan fingerprint density at radius 1 is 1.07 bits per heavy atom. The number of Topliss-reactive ketones (excluding diaryl/α,β-unsaturated/α-hetero) is 1. The molecule has 0 atom stereocenters. The molecule has 3 saturated carbocycles. The topological polar surface area (TPSA) is 84.5 Å². The Bertz CT molecular complexity index is 992. The molecule has 0 radical (unpaired) electrons. The van der Waals surface area contributed by atoms with Crippen LogP contribution in [0.15, 0.2) is 48.5 Å². The van der Waals surface area contributed by atoms with E-state index in [2.05, 4.69) is 10.6 Å². The van der Waals surface area contributed by atoms with Crippen LogP contribution in [0.5, 0.6) is 0 Å². The molecular formula is C22H20ClFN2O4. The predicted molar refractivity (Wildman–Crippen MR) is 108 cm³/mol. The maximum Gasteiger partial charge on any atom is 0.407 e. The van der Waals surface area contributed by atoms with Gasteiger partial charge in [-0.15, -0.1) is 0 Å². The Morgan fingerprint density at radius 2 is 1.77 bits per heavy atom. The van der Waals surface area contributed by atoms with Crippen LogP contribution in [0.4, 0.5) is 9.18 Å². The van der Waals surface area contributed by atoms with E-state index in [4.69, 9.17) is 16.3 Å². The van der Waals surface area contributed by atoms with Crippen LogP contribution in [-0.2, 0) is 16.1 Å². The summed E-state index contributed by atoms with van der Waals surface area (Å²) < 4.78 is 18.7. The highest BCUT2D eigenvalue weighted by molar-refractivity contribution is 6.30. The average molecular weight is 431 g/mol. The highest BCUT2D eigenvalue weighted by atomic mass is 35.5. The molecule has 3 aliphatic rings. The van der Waals surface area contributed by atoms with E-state index in [-0.39, 0.29) is 29.5 Å². The lowest BCUT2D eigenvalue weighted by Gasteiger charge is -2.69. The summed E-state index contributed by atoms with van der Waals surface area (Å²) in [6.07, 6.45) is 1.10. The number of benzene rings is 2. The van der Waals surface area contributed by atoms with Gasteiger partial charge in [-0.1, -0.05) is 41.9 Å². The summed E-state index contributed by atoms with van der Waals surface area (Å²) >= 11 is 5.60. The minimum absolute atomic E-state index is 0.0726. The minimum atomic E-state index is -0.692.